The van der Waals surface area contributed by atoms with Crippen LogP contribution >= 0.6 is 0 Å². The van der Waals surface area contributed by atoms with E-state index in [1.54, 1.807) is 41.2 Å². The molecule has 1 atom stereocenters. The van der Waals surface area contributed by atoms with Crippen molar-refractivity contribution in [3.63, 3.8) is 0 Å². The van der Waals surface area contributed by atoms with Gasteiger partial charge in [-0.25, -0.2) is 9.36 Å². The van der Waals surface area contributed by atoms with Crippen LogP contribution < -0.4 is 10.9 Å². The predicted octanol–water partition coefficient (Wildman–Crippen LogP) is 3.47. The Morgan fingerprint density at radius 1 is 1.15 bits per heavy atom. The molecule has 27 heavy (non-hydrogen) atoms. The lowest BCUT2D eigenvalue weighted by Crippen LogP contribution is -2.29. The average Bonchev–Trinajstić information content (AvgIpc) is 3.11. The van der Waals surface area contributed by atoms with Gasteiger partial charge in [-0.05, 0) is 25.3 Å². The molecule has 0 aliphatic heterocycles. The number of benzene rings is 1. The molecule has 0 bridgehead atoms. The van der Waals surface area contributed by atoms with Crippen LogP contribution in [0.25, 0.3) is 10.8 Å². The third-order valence-electron chi connectivity index (χ3n) is 4.54. The Labute approximate surface area is 158 Å². The van der Waals surface area contributed by atoms with E-state index in [-0.39, 0.29) is 29.1 Å². The summed E-state index contributed by atoms with van der Waals surface area (Å²) in [5.41, 5.74) is 0.0586. The van der Waals surface area contributed by atoms with Gasteiger partial charge in [0.25, 0.3) is 11.5 Å². The number of aromatic nitrogens is 4. The number of carbonyl (C=O) groups is 1. The van der Waals surface area contributed by atoms with Gasteiger partial charge in [0.15, 0.2) is 5.69 Å². The molecule has 7 nitrogen and oxygen atoms in total. The number of nitrogens with zero attached hydrogens (tertiary/aromatic N) is 4. The number of hydrogen-bond acceptors (Lipinski definition) is 4. The lowest BCUT2D eigenvalue weighted by atomic mass is 10.1. The van der Waals surface area contributed by atoms with Crippen molar-refractivity contribution in [1.29, 1.82) is 0 Å². The Hall–Kier alpha value is -2.96. The zero-order chi connectivity index (χ0) is 19.6. The van der Waals surface area contributed by atoms with Crippen LogP contribution in [0.2, 0.25) is 0 Å². The molecule has 142 valence electrons. The van der Waals surface area contributed by atoms with Gasteiger partial charge >= 0.3 is 0 Å². The van der Waals surface area contributed by atoms with Gasteiger partial charge in [0.05, 0.1) is 17.6 Å². The highest BCUT2D eigenvalue weighted by molar-refractivity contribution is 6.10. The van der Waals surface area contributed by atoms with Crippen molar-refractivity contribution in [3.8, 4) is 0 Å². The first-order chi connectivity index (χ1) is 12.9. The van der Waals surface area contributed by atoms with Gasteiger partial charge < -0.3 is 5.32 Å². The van der Waals surface area contributed by atoms with Gasteiger partial charge in [-0.15, -0.1) is 0 Å². The number of rotatable bonds is 6. The molecule has 3 aromatic rings. The molecule has 0 aliphatic rings. The highest BCUT2D eigenvalue weighted by Gasteiger charge is 2.19. The van der Waals surface area contributed by atoms with Gasteiger partial charge in [-0.3, -0.25) is 9.59 Å². The minimum Gasteiger partial charge on any atom is -0.305 e. The summed E-state index contributed by atoms with van der Waals surface area (Å²) in [6.45, 7) is 8.57. The van der Waals surface area contributed by atoms with Crippen LogP contribution in [0.3, 0.4) is 0 Å². The molecule has 0 saturated heterocycles. The Morgan fingerprint density at radius 3 is 2.52 bits per heavy atom. The number of nitrogens with one attached hydrogen (secondary N) is 1. The van der Waals surface area contributed by atoms with E-state index in [2.05, 4.69) is 22.4 Å². The fraction of sp³-hybridized carbons (Fsp3) is 0.400. The maximum absolute atomic E-state index is 13.0. The molecular formula is C20H25N5O2. The Balaban J connectivity index is 2.05. The van der Waals surface area contributed by atoms with E-state index >= 15 is 0 Å². The van der Waals surface area contributed by atoms with Crippen LogP contribution in [0.5, 0.6) is 0 Å². The topological polar surface area (TPSA) is 81.8 Å². The monoisotopic (exact) mass is 367 g/mol. The van der Waals surface area contributed by atoms with Crippen LogP contribution in [0, 0.1) is 5.92 Å². The zero-order valence-corrected chi connectivity index (χ0v) is 16.1. The summed E-state index contributed by atoms with van der Waals surface area (Å²) in [7, 11) is 0. The highest BCUT2D eigenvalue weighted by Crippen LogP contribution is 2.19. The SMILES string of the molecule is CCC(C)n1nccc1NC(=O)c1nn(CC(C)C)c(=O)c2ccccc12. The summed E-state index contributed by atoms with van der Waals surface area (Å²) in [6, 6.07) is 9.01. The second-order valence-corrected chi connectivity index (χ2v) is 7.15. The number of anilines is 1. The third kappa shape index (κ3) is 3.77. The molecule has 1 amide bonds. The van der Waals surface area contributed by atoms with E-state index in [9.17, 15) is 9.59 Å². The minimum absolute atomic E-state index is 0.162. The van der Waals surface area contributed by atoms with Gasteiger partial charge in [-0.2, -0.15) is 10.2 Å². The number of hydrogen-bond donors (Lipinski definition) is 1. The van der Waals surface area contributed by atoms with E-state index in [1.165, 1.54) is 4.68 Å². The maximum atomic E-state index is 13.0. The second kappa shape index (κ2) is 7.73. The van der Waals surface area contributed by atoms with Crippen molar-refractivity contribution in [1.82, 2.24) is 19.6 Å². The zero-order valence-electron chi connectivity index (χ0n) is 16.1. The van der Waals surface area contributed by atoms with E-state index in [0.717, 1.165) is 6.42 Å². The highest BCUT2D eigenvalue weighted by atomic mass is 16.2. The molecule has 1 N–H and O–H groups in total. The van der Waals surface area contributed by atoms with Gasteiger partial charge in [0, 0.05) is 18.0 Å². The van der Waals surface area contributed by atoms with Crippen molar-refractivity contribution in [2.45, 2.75) is 46.7 Å². The van der Waals surface area contributed by atoms with Crippen LogP contribution in [-0.2, 0) is 6.54 Å². The maximum Gasteiger partial charge on any atom is 0.277 e. The summed E-state index contributed by atoms with van der Waals surface area (Å²) in [5, 5.41) is 12.6. The molecule has 2 heterocycles. The first-order valence-corrected chi connectivity index (χ1v) is 9.27. The average molecular weight is 367 g/mol. The van der Waals surface area contributed by atoms with Crippen LogP contribution in [0.1, 0.15) is 50.6 Å². The standard InChI is InChI=1S/C20H25N5O2/c1-5-14(4)25-17(10-11-21-25)22-19(26)18-15-8-6-7-9-16(15)20(27)24(23-18)12-13(2)3/h6-11,13-14H,5,12H2,1-4H3,(H,22,26). The van der Waals surface area contributed by atoms with E-state index in [1.807, 2.05) is 20.8 Å². The Morgan fingerprint density at radius 2 is 1.85 bits per heavy atom. The fourth-order valence-corrected chi connectivity index (χ4v) is 2.99. The largest absolute Gasteiger partial charge is 0.305 e. The van der Waals surface area contributed by atoms with E-state index in [0.29, 0.717) is 23.1 Å². The normalized spacial score (nSPS) is 12.5. The Bertz CT molecular complexity index is 1020. The summed E-state index contributed by atoms with van der Waals surface area (Å²) >= 11 is 0. The molecule has 1 aromatic carbocycles. The lowest BCUT2D eigenvalue weighted by molar-refractivity contribution is 0.102. The first kappa shape index (κ1) is 18.8. The van der Waals surface area contributed by atoms with Crippen molar-refractivity contribution < 1.29 is 4.79 Å². The predicted molar refractivity (Wildman–Crippen MR) is 106 cm³/mol. The molecule has 0 saturated carbocycles. The number of fused-ring (bicyclic) bond motifs is 1. The summed E-state index contributed by atoms with van der Waals surface area (Å²) in [5.74, 6) is 0.495. The molecule has 0 aliphatic carbocycles. The Kier molecular flexibility index (Phi) is 5.39. The lowest BCUT2D eigenvalue weighted by Gasteiger charge is -2.15. The van der Waals surface area contributed by atoms with Crippen LogP contribution in [0.4, 0.5) is 5.82 Å². The second-order valence-electron chi connectivity index (χ2n) is 7.15. The molecule has 3 rings (SSSR count). The van der Waals surface area contributed by atoms with E-state index in [4.69, 9.17) is 0 Å². The van der Waals surface area contributed by atoms with E-state index < -0.39 is 0 Å². The summed E-state index contributed by atoms with van der Waals surface area (Å²) in [4.78, 5) is 25.7. The number of amides is 1. The summed E-state index contributed by atoms with van der Waals surface area (Å²) in [6.07, 6.45) is 2.55. The molecule has 7 heteroatoms. The van der Waals surface area contributed by atoms with Crippen LogP contribution in [-0.4, -0.2) is 25.5 Å². The molecule has 0 fully saturated rings. The van der Waals surface area contributed by atoms with Gasteiger partial charge in [0.2, 0.25) is 0 Å². The quantitative estimate of drug-likeness (QED) is 0.723. The molecule has 1 unspecified atom stereocenters. The fourth-order valence-electron chi connectivity index (χ4n) is 2.99. The molecule has 0 spiro atoms. The van der Waals surface area contributed by atoms with Crippen molar-refractivity contribution in [2.24, 2.45) is 5.92 Å². The van der Waals surface area contributed by atoms with Crippen molar-refractivity contribution >= 4 is 22.5 Å². The molecule has 0 radical (unpaired) electrons. The third-order valence-corrected chi connectivity index (χ3v) is 4.54. The van der Waals surface area contributed by atoms with Crippen LogP contribution in [0.15, 0.2) is 41.3 Å². The first-order valence-electron chi connectivity index (χ1n) is 9.27. The molecular weight excluding hydrogens is 342 g/mol. The van der Waals surface area contributed by atoms with Gasteiger partial charge in [0.1, 0.15) is 5.82 Å². The number of carbonyl (C=O) groups excluding carboxylic acids is 1. The van der Waals surface area contributed by atoms with Crippen molar-refractivity contribution in [2.75, 3.05) is 5.32 Å². The summed E-state index contributed by atoms with van der Waals surface area (Å²) < 4.78 is 3.16. The molecule has 2 aromatic heterocycles. The minimum atomic E-state index is -0.353. The van der Waals surface area contributed by atoms with Crippen molar-refractivity contribution in [3.05, 3.63) is 52.6 Å². The smallest absolute Gasteiger partial charge is 0.277 e. The van der Waals surface area contributed by atoms with Gasteiger partial charge in [-0.1, -0.05) is 39.0 Å².